The minimum Gasteiger partial charge on any atom is -1.00 e. The summed E-state index contributed by atoms with van der Waals surface area (Å²) in [5, 5.41) is 5.94. The first-order valence-electron chi connectivity index (χ1n) is 13.7. The number of benzene rings is 4. The SMILES string of the molecule is Clc1c(Cl)[n+](Cc2ccc3ccccc3c2)c(/C=C/C2=CC[C-]=C2)n1Cc1ccc2ccccc2c1.[Br-].[C-]1=CC=CC1.[Fe+2]. The third-order valence-corrected chi connectivity index (χ3v) is 8.10. The Morgan fingerprint density at radius 3 is 2.00 bits per heavy atom. The molecule has 5 aromatic rings. The molecule has 2 aliphatic rings. The molecule has 0 aliphatic heterocycles. The fourth-order valence-corrected chi connectivity index (χ4v) is 5.63. The smallest absolute Gasteiger partial charge is 1.00 e. The Hall–Kier alpha value is -3.11. The van der Waals surface area contributed by atoms with Crippen molar-refractivity contribution in [2.24, 2.45) is 0 Å². The Labute approximate surface area is 284 Å². The number of rotatable bonds is 6. The van der Waals surface area contributed by atoms with E-state index in [4.69, 9.17) is 23.2 Å². The zero-order chi connectivity index (χ0) is 28.0. The molecular formula is C37H29BrCl2FeN2. The van der Waals surface area contributed by atoms with E-state index >= 15 is 0 Å². The second-order valence-electron chi connectivity index (χ2n) is 10.1. The van der Waals surface area contributed by atoms with Gasteiger partial charge in [-0.2, -0.15) is 17.7 Å². The molecule has 1 aromatic heterocycles. The topological polar surface area (TPSA) is 8.81 Å². The van der Waals surface area contributed by atoms with Crippen LogP contribution in [0.3, 0.4) is 0 Å². The fourth-order valence-electron chi connectivity index (χ4n) is 5.13. The van der Waals surface area contributed by atoms with Gasteiger partial charge in [0.1, 0.15) is 13.1 Å². The Morgan fingerprint density at radius 1 is 0.767 bits per heavy atom. The Kier molecular flexibility index (Phi) is 11.9. The van der Waals surface area contributed by atoms with E-state index in [0.29, 0.717) is 23.4 Å². The van der Waals surface area contributed by atoms with Gasteiger partial charge in [-0.15, -0.1) is 18.9 Å². The molecule has 0 saturated carbocycles. The van der Waals surface area contributed by atoms with E-state index in [1.54, 1.807) is 0 Å². The van der Waals surface area contributed by atoms with Crippen LogP contribution in [0, 0.1) is 12.2 Å². The number of nitrogens with zero attached hydrogens (tertiary/aromatic N) is 2. The average molecular weight is 708 g/mol. The summed E-state index contributed by atoms with van der Waals surface area (Å²) >= 11 is 13.8. The third kappa shape index (κ3) is 7.89. The van der Waals surface area contributed by atoms with Crippen LogP contribution in [-0.2, 0) is 30.2 Å². The van der Waals surface area contributed by atoms with Crippen LogP contribution in [0.2, 0.25) is 10.3 Å². The van der Waals surface area contributed by atoms with Crippen molar-refractivity contribution in [3.8, 4) is 0 Å². The van der Waals surface area contributed by atoms with Gasteiger partial charge in [-0.3, -0.25) is 12.2 Å². The molecular weight excluding hydrogens is 679 g/mol. The van der Waals surface area contributed by atoms with Crippen LogP contribution >= 0.6 is 23.2 Å². The monoisotopic (exact) mass is 706 g/mol. The molecule has 0 unspecified atom stereocenters. The summed E-state index contributed by atoms with van der Waals surface area (Å²) in [6.45, 7) is 1.24. The first-order chi connectivity index (χ1) is 20.2. The molecule has 0 bridgehead atoms. The summed E-state index contributed by atoms with van der Waals surface area (Å²) < 4.78 is 4.18. The van der Waals surface area contributed by atoms with Gasteiger partial charge >= 0.3 is 17.1 Å². The van der Waals surface area contributed by atoms with Gasteiger partial charge in [-0.1, -0.05) is 72.8 Å². The van der Waals surface area contributed by atoms with E-state index in [1.807, 2.05) is 18.2 Å². The van der Waals surface area contributed by atoms with Crippen molar-refractivity contribution in [3.05, 3.63) is 166 Å². The van der Waals surface area contributed by atoms with Gasteiger partial charge in [0.2, 0.25) is 0 Å². The molecule has 0 atom stereocenters. The Bertz CT molecular complexity index is 1770. The fraction of sp³-hybridized carbons (Fsp3) is 0.108. The maximum absolute atomic E-state index is 6.89. The predicted octanol–water partition coefficient (Wildman–Crippen LogP) is 6.50. The van der Waals surface area contributed by atoms with Gasteiger partial charge in [0.15, 0.2) is 0 Å². The maximum Gasteiger partial charge on any atom is 2.00 e. The zero-order valence-electron chi connectivity index (χ0n) is 23.3. The summed E-state index contributed by atoms with van der Waals surface area (Å²) in [5.74, 6) is 0.951. The predicted molar refractivity (Wildman–Crippen MR) is 172 cm³/mol. The molecule has 0 fully saturated rings. The molecule has 0 spiro atoms. The van der Waals surface area contributed by atoms with Crippen molar-refractivity contribution >= 4 is 50.8 Å². The zero-order valence-corrected chi connectivity index (χ0v) is 27.5. The molecule has 0 amide bonds. The van der Waals surface area contributed by atoms with Gasteiger partial charge in [0, 0.05) is 6.08 Å². The largest absolute Gasteiger partial charge is 2.00 e. The van der Waals surface area contributed by atoms with Crippen LogP contribution < -0.4 is 21.5 Å². The molecule has 216 valence electrons. The van der Waals surface area contributed by atoms with Gasteiger partial charge < -0.3 is 17.0 Å². The second kappa shape index (κ2) is 15.6. The maximum atomic E-state index is 6.89. The van der Waals surface area contributed by atoms with Gasteiger partial charge in [0.05, 0.1) is 0 Å². The minimum atomic E-state index is 0. The summed E-state index contributed by atoms with van der Waals surface area (Å²) in [5.41, 5.74) is 3.48. The molecule has 0 N–H and O–H groups in total. The third-order valence-electron chi connectivity index (χ3n) is 7.24. The number of imidazole rings is 1. The van der Waals surface area contributed by atoms with Crippen LogP contribution in [0.25, 0.3) is 27.6 Å². The quantitative estimate of drug-likeness (QED) is 0.108. The molecule has 2 aliphatic carbocycles. The van der Waals surface area contributed by atoms with E-state index in [-0.39, 0.29) is 34.1 Å². The second-order valence-corrected chi connectivity index (χ2v) is 10.8. The van der Waals surface area contributed by atoms with E-state index in [1.165, 1.54) is 32.7 Å². The molecule has 0 saturated heterocycles. The van der Waals surface area contributed by atoms with Crippen molar-refractivity contribution < 1.29 is 38.6 Å². The molecule has 43 heavy (non-hydrogen) atoms. The summed E-state index contributed by atoms with van der Waals surface area (Å²) in [6, 6.07) is 29.9. The van der Waals surface area contributed by atoms with Crippen molar-refractivity contribution in [3.63, 3.8) is 0 Å². The molecule has 6 heteroatoms. The molecule has 7 rings (SSSR count). The van der Waals surface area contributed by atoms with Crippen LogP contribution in [0.5, 0.6) is 0 Å². The van der Waals surface area contributed by atoms with Gasteiger partial charge in [-0.05, 0) is 68.0 Å². The first kappa shape index (κ1) is 32.8. The molecule has 4 aromatic carbocycles. The summed E-state index contributed by atoms with van der Waals surface area (Å²) in [6.07, 6.45) is 22.5. The molecule has 0 radical (unpaired) electrons. The number of halogens is 3. The van der Waals surface area contributed by atoms with E-state index in [2.05, 4.69) is 131 Å². The Morgan fingerprint density at radius 2 is 1.42 bits per heavy atom. The van der Waals surface area contributed by atoms with Crippen molar-refractivity contribution in [2.45, 2.75) is 25.9 Å². The standard InChI is InChI=1S/C32H24Cl2N2.C5H5.BrH.Fe/c33-31-32(34)36(22-25-14-17-27-10-4-6-12-29(27)20-25)30(18-15-23-7-1-2-8-23)35(31)21-24-13-16-26-9-3-5-11-28(26)19-24;1-2-4-5-3-1;;/h3-20H,1,21-22H2;1-3H,4H2;1H;/q;-1;;+2/p-1/b18-15+;;;. The number of aromatic nitrogens is 2. The van der Waals surface area contributed by atoms with Crippen LogP contribution in [0.4, 0.5) is 0 Å². The number of allylic oxidation sites excluding steroid dienone is 9. The van der Waals surface area contributed by atoms with Crippen molar-refractivity contribution in [1.29, 1.82) is 0 Å². The average Bonchev–Trinajstić information content (AvgIpc) is 3.80. The van der Waals surface area contributed by atoms with E-state index in [9.17, 15) is 0 Å². The normalized spacial score (nSPS) is 13.2. The number of fused-ring (bicyclic) bond motifs is 2. The van der Waals surface area contributed by atoms with Crippen LogP contribution in [0.15, 0.2) is 127 Å². The van der Waals surface area contributed by atoms with Crippen LogP contribution in [-0.4, -0.2) is 4.57 Å². The summed E-state index contributed by atoms with van der Waals surface area (Å²) in [7, 11) is 0. The van der Waals surface area contributed by atoms with Gasteiger partial charge in [-0.25, -0.2) is 27.4 Å². The Balaban J connectivity index is 0.000000551. The van der Waals surface area contributed by atoms with Crippen molar-refractivity contribution in [1.82, 2.24) is 4.57 Å². The summed E-state index contributed by atoms with van der Waals surface area (Å²) in [4.78, 5) is 0. The van der Waals surface area contributed by atoms with Gasteiger partial charge in [0.25, 0.3) is 16.1 Å². The number of hydrogen-bond donors (Lipinski definition) is 0. The first-order valence-corrected chi connectivity index (χ1v) is 14.5. The van der Waals surface area contributed by atoms with E-state index < -0.39 is 0 Å². The van der Waals surface area contributed by atoms with E-state index in [0.717, 1.165) is 24.2 Å². The number of hydrogen-bond acceptors (Lipinski definition) is 0. The molecule has 1 heterocycles. The van der Waals surface area contributed by atoms with Crippen molar-refractivity contribution in [2.75, 3.05) is 0 Å². The van der Waals surface area contributed by atoms with Crippen LogP contribution in [0.1, 0.15) is 29.8 Å². The molecule has 2 nitrogen and oxygen atoms in total. The minimum absolute atomic E-state index is 0.